The van der Waals surface area contributed by atoms with Crippen LogP contribution in [0.25, 0.3) is 0 Å². The lowest BCUT2D eigenvalue weighted by molar-refractivity contribution is 0.142. The summed E-state index contributed by atoms with van der Waals surface area (Å²) >= 11 is 0. The van der Waals surface area contributed by atoms with E-state index in [0.717, 1.165) is 50.3 Å². The number of nitrogens with one attached hydrogen (secondary N) is 1. The number of amides is 2. The summed E-state index contributed by atoms with van der Waals surface area (Å²) in [7, 11) is 0. The van der Waals surface area contributed by atoms with Gasteiger partial charge in [0.1, 0.15) is 0 Å². The molecule has 2 aromatic rings. The first-order valence-corrected chi connectivity index (χ1v) is 9.86. The molecule has 0 aliphatic carbocycles. The van der Waals surface area contributed by atoms with Crippen molar-refractivity contribution in [2.75, 3.05) is 31.5 Å². The fourth-order valence-corrected chi connectivity index (χ4v) is 3.60. The molecule has 144 valence electrons. The van der Waals surface area contributed by atoms with Crippen LogP contribution >= 0.6 is 0 Å². The molecule has 27 heavy (non-hydrogen) atoms. The molecule has 0 saturated carbocycles. The molecule has 4 heteroatoms. The van der Waals surface area contributed by atoms with E-state index in [1.165, 1.54) is 5.56 Å². The zero-order valence-corrected chi connectivity index (χ0v) is 16.7. The average Bonchev–Trinajstić information content (AvgIpc) is 2.90. The normalized spacial score (nSPS) is 16.0. The summed E-state index contributed by atoms with van der Waals surface area (Å²) in [5, 5.41) is 3.15. The van der Waals surface area contributed by atoms with Crippen molar-refractivity contribution in [1.82, 2.24) is 9.80 Å². The molecule has 1 aliphatic heterocycles. The summed E-state index contributed by atoms with van der Waals surface area (Å²) in [5.41, 5.74) is 3.44. The van der Waals surface area contributed by atoms with Crippen molar-refractivity contribution >= 4 is 11.7 Å². The maximum atomic E-state index is 12.9. The number of rotatable bonds is 3. The molecule has 4 nitrogen and oxygen atoms in total. The summed E-state index contributed by atoms with van der Waals surface area (Å²) in [6.07, 6.45) is 1.82. The fraction of sp³-hybridized carbons (Fsp3) is 0.435. The second-order valence-corrected chi connectivity index (χ2v) is 8.25. The van der Waals surface area contributed by atoms with Crippen LogP contribution in [0.5, 0.6) is 0 Å². The molecular weight excluding hydrogens is 334 g/mol. The third kappa shape index (κ3) is 5.33. The molecular formula is C23H31N3O. The summed E-state index contributed by atoms with van der Waals surface area (Å²) in [5.74, 6) is 0. The molecule has 0 radical (unpaired) electrons. The maximum absolute atomic E-state index is 12.9. The van der Waals surface area contributed by atoms with Gasteiger partial charge in [0, 0.05) is 37.4 Å². The quantitative estimate of drug-likeness (QED) is 0.862. The van der Waals surface area contributed by atoms with Crippen LogP contribution in [-0.4, -0.2) is 47.5 Å². The van der Waals surface area contributed by atoms with Gasteiger partial charge in [-0.05, 0) is 50.8 Å². The molecule has 2 amide bonds. The zero-order valence-electron chi connectivity index (χ0n) is 16.7. The van der Waals surface area contributed by atoms with Gasteiger partial charge in [-0.2, -0.15) is 0 Å². The molecule has 1 aliphatic rings. The third-order valence-corrected chi connectivity index (χ3v) is 5.23. The predicted molar refractivity (Wildman–Crippen MR) is 112 cm³/mol. The molecule has 1 N–H and O–H groups in total. The van der Waals surface area contributed by atoms with Crippen LogP contribution in [0, 0.1) is 0 Å². The highest BCUT2D eigenvalue weighted by atomic mass is 16.2. The number of para-hydroxylation sites is 1. The Morgan fingerprint density at radius 3 is 2.37 bits per heavy atom. The van der Waals surface area contributed by atoms with Gasteiger partial charge in [-0.25, -0.2) is 4.79 Å². The van der Waals surface area contributed by atoms with Gasteiger partial charge in [0.05, 0.1) is 0 Å². The Hall–Kier alpha value is -2.33. The number of carbonyl (C=O) groups excluding carboxylic acids is 1. The minimum Gasteiger partial charge on any atom is -0.323 e. The molecule has 1 heterocycles. The van der Waals surface area contributed by atoms with E-state index in [1.807, 2.05) is 29.2 Å². The van der Waals surface area contributed by atoms with Crippen molar-refractivity contribution in [3.05, 3.63) is 65.7 Å². The monoisotopic (exact) mass is 365 g/mol. The molecule has 3 rings (SSSR count). The van der Waals surface area contributed by atoms with E-state index in [2.05, 4.69) is 61.3 Å². The number of anilines is 1. The van der Waals surface area contributed by atoms with Gasteiger partial charge in [0.15, 0.2) is 0 Å². The van der Waals surface area contributed by atoms with Crippen LogP contribution in [0.2, 0.25) is 0 Å². The highest BCUT2D eigenvalue weighted by Crippen LogP contribution is 2.21. The van der Waals surface area contributed by atoms with Gasteiger partial charge >= 0.3 is 6.03 Å². The van der Waals surface area contributed by atoms with Crippen LogP contribution < -0.4 is 5.32 Å². The molecule has 0 unspecified atom stereocenters. The van der Waals surface area contributed by atoms with E-state index in [1.54, 1.807) is 0 Å². The largest absolute Gasteiger partial charge is 0.323 e. The summed E-state index contributed by atoms with van der Waals surface area (Å²) in [6, 6.07) is 18.5. The van der Waals surface area contributed by atoms with Gasteiger partial charge in [-0.3, -0.25) is 4.90 Å². The minimum absolute atomic E-state index is 0.00581. The summed E-state index contributed by atoms with van der Waals surface area (Å²) in [4.78, 5) is 17.3. The zero-order chi connectivity index (χ0) is 19.3. The molecule has 0 spiro atoms. The second-order valence-electron chi connectivity index (χ2n) is 8.25. The molecule has 2 aromatic carbocycles. The minimum atomic E-state index is 0.00581. The van der Waals surface area contributed by atoms with Gasteiger partial charge in [0.25, 0.3) is 0 Å². The lowest BCUT2D eigenvalue weighted by Gasteiger charge is -2.34. The van der Waals surface area contributed by atoms with Crippen LogP contribution in [0.4, 0.5) is 10.5 Å². The van der Waals surface area contributed by atoms with E-state index >= 15 is 0 Å². The Morgan fingerprint density at radius 1 is 0.926 bits per heavy atom. The highest BCUT2D eigenvalue weighted by molar-refractivity contribution is 5.90. The van der Waals surface area contributed by atoms with Crippen molar-refractivity contribution in [3.8, 4) is 0 Å². The number of benzene rings is 2. The van der Waals surface area contributed by atoms with E-state index in [0.29, 0.717) is 0 Å². The molecule has 1 saturated heterocycles. The highest BCUT2D eigenvalue weighted by Gasteiger charge is 2.26. The number of nitrogens with zero attached hydrogens (tertiary/aromatic N) is 2. The average molecular weight is 366 g/mol. The Morgan fingerprint density at radius 2 is 1.63 bits per heavy atom. The number of urea groups is 1. The van der Waals surface area contributed by atoms with E-state index in [4.69, 9.17) is 0 Å². The van der Waals surface area contributed by atoms with Crippen LogP contribution in [0.3, 0.4) is 0 Å². The van der Waals surface area contributed by atoms with Gasteiger partial charge < -0.3 is 10.2 Å². The van der Waals surface area contributed by atoms with Gasteiger partial charge in [-0.15, -0.1) is 0 Å². The van der Waals surface area contributed by atoms with Crippen molar-refractivity contribution in [3.63, 3.8) is 0 Å². The Bertz CT molecular complexity index is 752. The summed E-state index contributed by atoms with van der Waals surface area (Å²) < 4.78 is 0. The SMILES string of the molecule is CC(C)(C)N1CCCN(C(=O)Nc2ccccc2Cc2ccccc2)CC1. The third-order valence-electron chi connectivity index (χ3n) is 5.23. The molecule has 1 fully saturated rings. The van der Waals surface area contributed by atoms with E-state index in [9.17, 15) is 4.79 Å². The topological polar surface area (TPSA) is 35.6 Å². The lowest BCUT2D eigenvalue weighted by Crippen LogP contribution is -2.44. The molecule has 0 aromatic heterocycles. The lowest BCUT2D eigenvalue weighted by atomic mass is 10.0. The molecule has 0 bridgehead atoms. The van der Waals surface area contributed by atoms with Crippen molar-refractivity contribution < 1.29 is 4.79 Å². The van der Waals surface area contributed by atoms with Crippen molar-refractivity contribution in [2.45, 2.75) is 39.2 Å². The fourth-order valence-electron chi connectivity index (χ4n) is 3.60. The van der Waals surface area contributed by atoms with Crippen molar-refractivity contribution in [2.24, 2.45) is 0 Å². The molecule has 0 atom stereocenters. The number of hydrogen-bond donors (Lipinski definition) is 1. The number of carbonyl (C=O) groups is 1. The van der Waals surface area contributed by atoms with Gasteiger partial charge in [-0.1, -0.05) is 48.5 Å². The Kier molecular flexibility index (Phi) is 6.17. The first-order valence-electron chi connectivity index (χ1n) is 9.86. The predicted octanol–water partition coefficient (Wildman–Crippen LogP) is 4.62. The van der Waals surface area contributed by atoms with E-state index in [-0.39, 0.29) is 11.6 Å². The van der Waals surface area contributed by atoms with E-state index < -0.39 is 0 Å². The summed E-state index contributed by atoms with van der Waals surface area (Å²) in [6.45, 7) is 10.2. The smallest absolute Gasteiger partial charge is 0.321 e. The van der Waals surface area contributed by atoms with Crippen LogP contribution in [-0.2, 0) is 6.42 Å². The Labute approximate surface area is 163 Å². The second kappa shape index (κ2) is 8.57. The maximum Gasteiger partial charge on any atom is 0.321 e. The number of hydrogen-bond acceptors (Lipinski definition) is 2. The standard InChI is InChI=1S/C23H31N3O/c1-23(2,3)26-15-9-14-25(16-17-26)22(27)24-21-13-8-7-12-20(21)18-19-10-5-4-6-11-19/h4-8,10-13H,9,14-18H2,1-3H3,(H,24,27). The first kappa shape index (κ1) is 19.4. The van der Waals surface area contributed by atoms with Crippen molar-refractivity contribution in [1.29, 1.82) is 0 Å². The van der Waals surface area contributed by atoms with Crippen LogP contribution in [0.1, 0.15) is 38.3 Å². The van der Waals surface area contributed by atoms with Crippen LogP contribution in [0.15, 0.2) is 54.6 Å². The Balaban J connectivity index is 1.66. The van der Waals surface area contributed by atoms with Gasteiger partial charge in [0.2, 0.25) is 0 Å². The first-order chi connectivity index (χ1) is 12.9.